The fourth-order valence-corrected chi connectivity index (χ4v) is 3.17. The quantitative estimate of drug-likeness (QED) is 0.688. The highest BCUT2D eigenvalue weighted by Crippen LogP contribution is 2.36. The summed E-state index contributed by atoms with van der Waals surface area (Å²) in [5.41, 5.74) is 0. The lowest BCUT2D eigenvalue weighted by Gasteiger charge is -2.23. The second-order valence-corrected chi connectivity index (χ2v) is 6.59. The first-order valence-corrected chi connectivity index (χ1v) is 7.34. The van der Waals surface area contributed by atoms with Crippen molar-refractivity contribution in [3.63, 3.8) is 0 Å². The summed E-state index contributed by atoms with van der Waals surface area (Å²) in [6.07, 6.45) is 2.83. The van der Waals surface area contributed by atoms with Gasteiger partial charge in [-0.05, 0) is 31.9 Å². The maximum atomic E-state index is 11.6. The van der Waals surface area contributed by atoms with Crippen molar-refractivity contribution in [1.82, 2.24) is 10.6 Å². The lowest BCUT2D eigenvalue weighted by molar-refractivity contribution is -0.141. The average Bonchev–Trinajstić information content (AvgIpc) is 2.74. The fraction of sp³-hybridized carbons (Fsp3) is 0.833. The number of carbonyl (C=O) groups is 2. The fourth-order valence-electron chi connectivity index (χ4n) is 1.93. The normalized spacial score (nSPS) is 24.6. The van der Waals surface area contributed by atoms with Crippen LogP contribution >= 0.6 is 11.8 Å². The molecule has 1 aliphatic rings. The molecule has 6 heteroatoms. The Hall–Kier alpha value is -0.910. The average molecular weight is 274 g/mol. The van der Waals surface area contributed by atoms with Gasteiger partial charge in [0.2, 0.25) is 0 Å². The summed E-state index contributed by atoms with van der Waals surface area (Å²) in [5, 5.41) is 14.3. The van der Waals surface area contributed by atoms with Gasteiger partial charge in [0.1, 0.15) is 0 Å². The Bertz CT molecular complexity index is 304. The number of aliphatic carboxylic acids is 1. The summed E-state index contributed by atoms with van der Waals surface area (Å²) in [6.45, 7) is 4.76. The third kappa shape index (κ3) is 4.76. The number of thioether (sulfide) groups is 1. The first-order chi connectivity index (χ1) is 8.47. The molecule has 0 aromatic rings. The van der Waals surface area contributed by atoms with Crippen molar-refractivity contribution in [1.29, 1.82) is 0 Å². The molecule has 1 saturated heterocycles. The number of carboxylic acid groups (broad SMARTS) is 1. The van der Waals surface area contributed by atoms with Crippen molar-refractivity contribution in [3.8, 4) is 0 Å². The molecule has 2 amide bonds. The van der Waals surface area contributed by atoms with Crippen LogP contribution in [0.4, 0.5) is 4.79 Å². The van der Waals surface area contributed by atoms with Crippen molar-refractivity contribution in [2.24, 2.45) is 5.92 Å². The number of carbonyl (C=O) groups excluding carboxylic acids is 1. The standard InChI is InChI=1S/C12H22N2O3S/c1-3-9(10(15)16)7-13-11(17)14-8-12(2)5-4-6-18-12/h9H,3-8H2,1-2H3,(H,15,16)(H2,13,14,17). The smallest absolute Gasteiger partial charge is 0.314 e. The zero-order valence-corrected chi connectivity index (χ0v) is 11.8. The van der Waals surface area contributed by atoms with Gasteiger partial charge in [0.05, 0.1) is 5.92 Å². The molecule has 0 radical (unpaired) electrons. The van der Waals surface area contributed by atoms with E-state index in [1.54, 1.807) is 6.92 Å². The van der Waals surface area contributed by atoms with E-state index < -0.39 is 11.9 Å². The van der Waals surface area contributed by atoms with Gasteiger partial charge >= 0.3 is 12.0 Å². The Morgan fingerprint density at radius 3 is 2.67 bits per heavy atom. The summed E-state index contributed by atoms with van der Waals surface area (Å²) in [4.78, 5) is 22.3. The first-order valence-electron chi connectivity index (χ1n) is 6.35. The molecule has 0 saturated carbocycles. The maximum Gasteiger partial charge on any atom is 0.314 e. The SMILES string of the molecule is CCC(CNC(=O)NCC1(C)CCCS1)C(=O)O. The summed E-state index contributed by atoms with van der Waals surface area (Å²) >= 11 is 1.88. The number of nitrogens with one attached hydrogen (secondary N) is 2. The van der Waals surface area contributed by atoms with Crippen LogP contribution < -0.4 is 10.6 Å². The van der Waals surface area contributed by atoms with E-state index in [0.29, 0.717) is 13.0 Å². The van der Waals surface area contributed by atoms with Gasteiger partial charge in [-0.25, -0.2) is 4.79 Å². The Kier molecular flexibility index (Phi) is 5.78. The molecule has 2 atom stereocenters. The minimum atomic E-state index is -0.865. The minimum Gasteiger partial charge on any atom is -0.481 e. The minimum absolute atomic E-state index is 0.133. The van der Waals surface area contributed by atoms with Crippen LogP contribution in [-0.2, 0) is 4.79 Å². The molecule has 0 aromatic carbocycles. The van der Waals surface area contributed by atoms with E-state index in [1.165, 1.54) is 6.42 Å². The number of hydrogen-bond donors (Lipinski definition) is 3. The van der Waals surface area contributed by atoms with Gasteiger partial charge in [-0.1, -0.05) is 6.92 Å². The molecule has 3 N–H and O–H groups in total. The molecule has 1 rings (SSSR count). The highest BCUT2D eigenvalue weighted by atomic mass is 32.2. The van der Waals surface area contributed by atoms with Crippen LogP contribution in [0, 0.1) is 5.92 Å². The van der Waals surface area contributed by atoms with Gasteiger partial charge in [-0.3, -0.25) is 4.79 Å². The van der Waals surface area contributed by atoms with Gasteiger partial charge in [0.25, 0.3) is 0 Å². The van der Waals surface area contributed by atoms with Crippen LogP contribution in [0.2, 0.25) is 0 Å². The Balaban J connectivity index is 2.23. The first kappa shape index (κ1) is 15.1. The largest absolute Gasteiger partial charge is 0.481 e. The van der Waals surface area contributed by atoms with Crippen molar-refractivity contribution in [3.05, 3.63) is 0 Å². The third-order valence-electron chi connectivity index (χ3n) is 3.27. The van der Waals surface area contributed by atoms with Gasteiger partial charge in [-0.15, -0.1) is 0 Å². The zero-order chi connectivity index (χ0) is 13.6. The summed E-state index contributed by atoms with van der Waals surface area (Å²) < 4.78 is 0.133. The Labute approximate surface area is 112 Å². The molecule has 1 heterocycles. The molecular weight excluding hydrogens is 252 g/mol. The zero-order valence-electron chi connectivity index (χ0n) is 11.0. The highest BCUT2D eigenvalue weighted by molar-refractivity contribution is 8.00. The highest BCUT2D eigenvalue weighted by Gasteiger charge is 2.29. The van der Waals surface area contributed by atoms with Gasteiger partial charge in [0, 0.05) is 17.8 Å². The number of rotatable bonds is 6. The number of amides is 2. The van der Waals surface area contributed by atoms with Crippen molar-refractivity contribution < 1.29 is 14.7 Å². The van der Waals surface area contributed by atoms with Gasteiger partial charge in [0.15, 0.2) is 0 Å². The molecule has 0 aliphatic carbocycles. The van der Waals surface area contributed by atoms with Crippen LogP contribution in [0.3, 0.4) is 0 Å². The van der Waals surface area contributed by atoms with Gasteiger partial charge < -0.3 is 15.7 Å². The molecule has 0 spiro atoms. The molecular formula is C12H22N2O3S. The van der Waals surface area contributed by atoms with E-state index >= 15 is 0 Å². The van der Waals surface area contributed by atoms with Crippen LogP contribution in [0.1, 0.15) is 33.1 Å². The van der Waals surface area contributed by atoms with E-state index in [9.17, 15) is 9.59 Å². The van der Waals surface area contributed by atoms with E-state index in [-0.39, 0.29) is 17.3 Å². The topological polar surface area (TPSA) is 78.4 Å². The molecule has 104 valence electrons. The lowest BCUT2D eigenvalue weighted by Crippen LogP contribution is -2.44. The number of hydrogen-bond acceptors (Lipinski definition) is 3. The van der Waals surface area contributed by atoms with Gasteiger partial charge in [-0.2, -0.15) is 11.8 Å². The third-order valence-corrected chi connectivity index (χ3v) is 4.81. The van der Waals surface area contributed by atoms with Crippen molar-refractivity contribution in [2.45, 2.75) is 37.9 Å². The van der Waals surface area contributed by atoms with Crippen molar-refractivity contribution in [2.75, 3.05) is 18.8 Å². The monoisotopic (exact) mass is 274 g/mol. The molecule has 18 heavy (non-hydrogen) atoms. The Morgan fingerprint density at radius 2 is 2.17 bits per heavy atom. The lowest BCUT2D eigenvalue weighted by atomic mass is 10.1. The molecule has 0 bridgehead atoms. The molecule has 1 fully saturated rings. The van der Waals surface area contributed by atoms with E-state index in [4.69, 9.17) is 5.11 Å². The van der Waals surface area contributed by atoms with E-state index in [0.717, 1.165) is 12.2 Å². The summed E-state index contributed by atoms with van der Waals surface area (Å²) in [6, 6.07) is -0.275. The second kappa shape index (κ2) is 6.87. The predicted octanol–water partition coefficient (Wildman–Crippen LogP) is 1.68. The molecule has 1 aliphatic heterocycles. The predicted molar refractivity (Wildman–Crippen MR) is 72.9 cm³/mol. The second-order valence-electron chi connectivity index (χ2n) is 4.91. The summed E-state index contributed by atoms with van der Waals surface area (Å²) in [5.74, 6) is -0.222. The van der Waals surface area contributed by atoms with Crippen LogP contribution in [0.5, 0.6) is 0 Å². The Morgan fingerprint density at radius 1 is 1.44 bits per heavy atom. The molecule has 0 aromatic heterocycles. The van der Waals surface area contributed by atoms with Crippen LogP contribution in [0.15, 0.2) is 0 Å². The molecule has 2 unspecified atom stereocenters. The van der Waals surface area contributed by atoms with Crippen LogP contribution in [0.25, 0.3) is 0 Å². The maximum absolute atomic E-state index is 11.6. The van der Waals surface area contributed by atoms with Crippen molar-refractivity contribution >= 4 is 23.8 Å². The summed E-state index contributed by atoms with van der Waals surface area (Å²) in [7, 11) is 0. The molecule has 5 nitrogen and oxygen atoms in total. The van der Waals surface area contributed by atoms with Crippen LogP contribution in [-0.4, -0.2) is 40.7 Å². The van der Waals surface area contributed by atoms with E-state index in [2.05, 4.69) is 17.6 Å². The number of carboxylic acids is 1. The van der Waals surface area contributed by atoms with E-state index in [1.807, 2.05) is 11.8 Å². The number of urea groups is 1.